The Labute approximate surface area is 101 Å². The molecule has 1 N–H and O–H groups in total. The van der Waals surface area contributed by atoms with Crippen molar-refractivity contribution in [1.29, 1.82) is 0 Å². The van der Waals surface area contributed by atoms with Crippen LogP contribution in [0.3, 0.4) is 0 Å². The third-order valence-electron chi connectivity index (χ3n) is 2.71. The van der Waals surface area contributed by atoms with Gasteiger partial charge in [0.1, 0.15) is 11.5 Å². The summed E-state index contributed by atoms with van der Waals surface area (Å²) >= 11 is 1.84. The zero-order valence-corrected chi connectivity index (χ0v) is 10.5. The Bertz CT molecular complexity index is 353. The fraction of sp³-hybridized carbons (Fsp3) is 0.500. The average molecular weight is 239 g/mol. The molecule has 0 bridgehead atoms. The molecule has 0 unspecified atom stereocenters. The van der Waals surface area contributed by atoms with E-state index in [1.54, 1.807) is 14.2 Å². The van der Waals surface area contributed by atoms with E-state index in [9.17, 15) is 0 Å². The molecule has 2 rings (SSSR count). The van der Waals surface area contributed by atoms with Crippen LogP contribution in [0.25, 0.3) is 0 Å². The number of thioether (sulfide) groups is 1. The second-order valence-corrected chi connectivity index (χ2v) is 4.91. The molecule has 1 aromatic carbocycles. The van der Waals surface area contributed by atoms with Crippen molar-refractivity contribution in [3.05, 3.63) is 18.2 Å². The summed E-state index contributed by atoms with van der Waals surface area (Å²) in [7, 11) is 3.39. The molecule has 4 heteroatoms. The first-order valence-corrected chi connectivity index (χ1v) is 6.37. The van der Waals surface area contributed by atoms with Crippen molar-refractivity contribution in [3.8, 4) is 11.5 Å². The summed E-state index contributed by atoms with van der Waals surface area (Å²) < 4.78 is 10.6. The molecule has 0 aliphatic carbocycles. The van der Waals surface area contributed by atoms with Gasteiger partial charge in [-0.05, 0) is 37.2 Å². The number of nitrogens with one attached hydrogen (secondary N) is 1. The molecule has 3 nitrogen and oxygen atoms in total. The van der Waals surface area contributed by atoms with Crippen LogP contribution in [0, 0.1) is 5.92 Å². The Balaban J connectivity index is 2.03. The lowest BCUT2D eigenvalue weighted by atomic mass is 10.1. The zero-order valence-electron chi connectivity index (χ0n) is 9.66. The minimum Gasteiger partial charge on any atom is -0.497 e. The fourth-order valence-electron chi connectivity index (χ4n) is 1.57. The number of methoxy groups -OCH3 is 2. The highest BCUT2D eigenvalue weighted by Gasteiger charge is 2.17. The quantitative estimate of drug-likeness (QED) is 0.796. The molecule has 1 aliphatic heterocycles. The van der Waals surface area contributed by atoms with Gasteiger partial charge in [0.25, 0.3) is 0 Å². The molecule has 0 atom stereocenters. The average Bonchev–Trinajstić information content (AvgIpc) is 2.26. The number of ether oxygens (including phenoxy) is 2. The van der Waals surface area contributed by atoms with E-state index in [4.69, 9.17) is 9.47 Å². The first-order valence-electron chi connectivity index (χ1n) is 5.39. The maximum absolute atomic E-state index is 5.34. The monoisotopic (exact) mass is 239 g/mol. The molecular formula is C12H17NO2S. The highest BCUT2D eigenvalue weighted by atomic mass is 32.2. The number of hydrogen-bond donors (Lipinski definition) is 1. The first kappa shape index (κ1) is 11.6. The summed E-state index contributed by atoms with van der Waals surface area (Å²) in [5.74, 6) is 3.74. The topological polar surface area (TPSA) is 30.5 Å². The van der Waals surface area contributed by atoms with E-state index in [-0.39, 0.29) is 0 Å². The Morgan fingerprint density at radius 3 is 2.69 bits per heavy atom. The summed E-state index contributed by atoms with van der Waals surface area (Å²) in [6.45, 7) is 2.28. The van der Waals surface area contributed by atoms with E-state index < -0.39 is 0 Å². The SMILES string of the molecule is COc1ccc(OC)c(SCC2CNC2)c1. The van der Waals surface area contributed by atoms with Gasteiger partial charge in [-0.15, -0.1) is 11.8 Å². The molecule has 1 aromatic rings. The van der Waals surface area contributed by atoms with Crippen molar-refractivity contribution in [2.75, 3.05) is 33.1 Å². The van der Waals surface area contributed by atoms with Gasteiger partial charge in [-0.25, -0.2) is 0 Å². The van der Waals surface area contributed by atoms with Crippen molar-refractivity contribution >= 4 is 11.8 Å². The Hall–Kier alpha value is -0.870. The molecular weight excluding hydrogens is 222 g/mol. The molecule has 0 aromatic heterocycles. The number of rotatable bonds is 5. The fourth-order valence-corrected chi connectivity index (χ4v) is 2.71. The maximum Gasteiger partial charge on any atom is 0.132 e. The van der Waals surface area contributed by atoms with Crippen LogP contribution >= 0.6 is 11.8 Å². The van der Waals surface area contributed by atoms with Crippen LogP contribution in [0.2, 0.25) is 0 Å². The lowest BCUT2D eigenvalue weighted by Crippen LogP contribution is -2.43. The van der Waals surface area contributed by atoms with Gasteiger partial charge in [0.2, 0.25) is 0 Å². The largest absolute Gasteiger partial charge is 0.497 e. The summed E-state index contributed by atoms with van der Waals surface area (Å²) in [6.07, 6.45) is 0. The van der Waals surface area contributed by atoms with Gasteiger partial charge in [-0.2, -0.15) is 0 Å². The minimum atomic E-state index is 0.793. The predicted octanol–water partition coefficient (Wildman–Crippen LogP) is 2.02. The molecule has 16 heavy (non-hydrogen) atoms. The molecule has 0 amide bonds. The molecule has 88 valence electrons. The van der Waals surface area contributed by atoms with Crippen LogP contribution in [0.5, 0.6) is 11.5 Å². The van der Waals surface area contributed by atoms with E-state index in [2.05, 4.69) is 5.32 Å². The number of benzene rings is 1. The van der Waals surface area contributed by atoms with Crippen LogP contribution in [-0.4, -0.2) is 33.1 Å². The first-order chi connectivity index (χ1) is 7.83. The third-order valence-corrected chi connectivity index (χ3v) is 3.98. The second-order valence-electron chi connectivity index (χ2n) is 3.85. The van der Waals surface area contributed by atoms with Gasteiger partial charge < -0.3 is 14.8 Å². The lowest BCUT2D eigenvalue weighted by molar-refractivity contribution is 0.383. The number of hydrogen-bond acceptors (Lipinski definition) is 4. The molecule has 0 spiro atoms. The van der Waals surface area contributed by atoms with E-state index in [0.29, 0.717) is 0 Å². The summed E-state index contributed by atoms with van der Waals surface area (Å²) in [5, 5.41) is 3.28. The van der Waals surface area contributed by atoms with Crippen molar-refractivity contribution in [3.63, 3.8) is 0 Å². The van der Waals surface area contributed by atoms with Crippen LogP contribution in [0.15, 0.2) is 23.1 Å². The standard InChI is InChI=1S/C12H17NO2S/c1-14-10-3-4-11(15-2)12(5-10)16-8-9-6-13-7-9/h3-5,9,13H,6-8H2,1-2H3. The van der Waals surface area contributed by atoms with E-state index in [1.807, 2.05) is 30.0 Å². The summed E-state index contributed by atoms with van der Waals surface area (Å²) in [5.41, 5.74) is 0. The molecule has 1 aliphatic rings. The van der Waals surface area contributed by atoms with E-state index in [1.165, 1.54) is 0 Å². The van der Waals surface area contributed by atoms with Gasteiger partial charge in [0.05, 0.1) is 19.1 Å². The van der Waals surface area contributed by atoms with Crippen molar-refractivity contribution in [2.45, 2.75) is 4.90 Å². The molecule has 0 radical (unpaired) electrons. The highest BCUT2D eigenvalue weighted by molar-refractivity contribution is 7.99. The van der Waals surface area contributed by atoms with Gasteiger partial charge in [0, 0.05) is 5.75 Å². The maximum atomic E-state index is 5.34. The van der Waals surface area contributed by atoms with Crippen molar-refractivity contribution < 1.29 is 9.47 Å². The van der Waals surface area contributed by atoms with Gasteiger partial charge in [-0.3, -0.25) is 0 Å². The van der Waals surface area contributed by atoms with Crippen LogP contribution in [0.4, 0.5) is 0 Å². The van der Waals surface area contributed by atoms with Gasteiger partial charge >= 0.3 is 0 Å². The Kier molecular flexibility index (Phi) is 3.96. The summed E-state index contributed by atoms with van der Waals surface area (Å²) in [6, 6.07) is 5.92. The molecule has 0 saturated carbocycles. The van der Waals surface area contributed by atoms with Gasteiger partial charge in [0.15, 0.2) is 0 Å². The van der Waals surface area contributed by atoms with E-state index >= 15 is 0 Å². The lowest BCUT2D eigenvalue weighted by Gasteiger charge is -2.26. The Morgan fingerprint density at radius 2 is 2.12 bits per heavy atom. The van der Waals surface area contributed by atoms with Crippen LogP contribution in [0.1, 0.15) is 0 Å². The Morgan fingerprint density at radius 1 is 1.31 bits per heavy atom. The van der Waals surface area contributed by atoms with Crippen LogP contribution < -0.4 is 14.8 Å². The van der Waals surface area contributed by atoms with Gasteiger partial charge in [-0.1, -0.05) is 0 Å². The third kappa shape index (κ3) is 2.62. The minimum absolute atomic E-state index is 0.793. The summed E-state index contributed by atoms with van der Waals surface area (Å²) in [4.78, 5) is 1.16. The molecule has 1 heterocycles. The van der Waals surface area contributed by atoms with E-state index in [0.717, 1.165) is 41.2 Å². The smallest absolute Gasteiger partial charge is 0.132 e. The zero-order chi connectivity index (χ0) is 11.4. The normalized spacial score (nSPS) is 15.6. The molecule has 1 saturated heterocycles. The van der Waals surface area contributed by atoms with Crippen LogP contribution in [-0.2, 0) is 0 Å². The van der Waals surface area contributed by atoms with Crippen molar-refractivity contribution in [2.24, 2.45) is 5.92 Å². The highest BCUT2D eigenvalue weighted by Crippen LogP contribution is 2.34. The second kappa shape index (κ2) is 5.46. The predicted molar refractivity (Wildman–Crippen MR) is 66.6 cm³/mol. The van der Waals surface area contributed by atoms with Crippen molar-refractivity contribution in [1.82, 2.24) is 5.32 Å². The molecule has 1 fully saturated rings.